The zero-order valence-corrected chi connectivity index (χ0v) is 14.4. The molecule has 1 aliphatic heterocycles. The number of carbonyl (C=O) groups is 4. The number of amides is 4. The second-order valence-corrected chi connectivity index (χ2v) is 5.51. The lowest BCUT2D eigenvalue weighted by Crippen LogP contribution is -2.47. The second-order valence-electron chi connectivity index (χ2n) is 5.51. The summed E-state index contributed by atoms with van der Waals surface area (Å²) < 4.78 is 15.2. The number of fused-ring (bicyclic) bond motifs is 1. The van der Waals surface area contributed by atoms with E-state index in [9.17, 15) is 19.2 Å². The molecule has 0 saturated carbocycles. The lowest BCUT2D eigenvalue weighted by molar-refractivity contribution is -0.125. The quantitative estimate of drug-likeness (QED) is 0.479. The van der Waals surface area contributed by atoms with Gasteiger partial charge in [0.05, 0.1) is 19.4 Å². The highest BCUT2D eigenvalue weighted by atomic mass is 16.7. The maximum absolute atomic E-state index is 12.0. The molecule has 0 bridgehead atoms. The molecule has 0 atom stereocenters. The third-order valence-electron chi connectivity index (χ3n) is 3.55. The fourth-order valence-electron chi connectivity index (χ4n) is 2.18. The van der Waals surface area contributed by atoms with Gasteiger partial charge in [-0.3, -0.25) is 30.0 Å². The van der Waals surface area contributed by atoms with Crippen LogP contribution < -0.4 is 31.0 Å². The minimum Gasteiger partial charge on any atom is -0.459 e. The Kier molecular flexibility index (Phi) is 5.75. The van der Waals surface area contributed by atoms with Crippen molar-refractivity contribution in [3.63, 3.8) is 0 Å². The Balaban J connectivity index is 1.35. The number of ether oxygens (including phenoxy) is 2. The Morgan fingerprint density at radius 1 is 0.857 bits per heavy atom. The molecule has 11 nitrogen and oxygen atoms in total. The normalized spacial score (nSPS) is 11.4. The van der Waals surface area contributed by atoms with Gasteiger partial charge in [0.2, 0.25) is 12.7 Å². The van der Waals surface area contributed by atoms with Gasteiger partial charge in [-0.15, -0.1) is 0 Å². The van der Waals surface area contributed by atoms with E-state index in [0.29, 0.717) is 11.5 Å². The van der Waals surface area contributed by atoms with E-state index >= 15 is 0 Å². The van der Waals surface area contributed by atoms with Gasteiger partial charge < -0.3 is 24.5 Å². The van der Waals surface area contributed by atoms with Crippen LogP contribution in [0.1, 0.15) is 20.9 Å². The summed E-state index contributed by atoms with van der Waals surface area (Å²) in [6.45, 7) is -0.647. The number of hydrazine groups is 1. The largest absolute Gasteiger partial charge is 0.459 e. The molecule has 0 saturated heterocycles. The molecule has 1 aromatic heterocycles. The summed E-state index contributed by atoms with van der Waals surface area (Å²) in [7, 11) is 0. The zero-order valence-electron chi connectivity index (χ0n) is 14.4. The van der Waals surface area contributed by atoms with Crippen molar-refractivity contribution < 1.29 is 33.1 Å². The molecule has 4 N–H and O–H groups in total. The molecular formula is C17H16N4O7. The van der Waals surface area contributed by atoms with E-state index in [0.717, 1.165) is 0 Å². The van der Waals surface area contributed by atoms with Crippen LogP contribution in [-0.2, 0) is 9.59 Å². The van der Waals surface area contributed by atoms with Gasteiger partial charge in [-0.25, -0.2) is 0 Å². The van der Waals surface area contributed by atoms with Crippen molar-refractivity contribution in [2.45, 2.75) is 0 Å². The van der Waals surface area contributed by atoms with Gasteiger partial charge in [0.15, 0.2) is 17.3 Å². The Bertz CT molecular complexity index is 895. The van der Waals surface area contributed by atoms with Gasteiger partial charge in [-0.05, 0) is 30.3 Å². The minimum absolute atomic E-state index is 0.0665. The highest BCUT2D eigenvalue weighted by molar-refractivity contribution is 5.97. The molecule has 146 valence electrons. The number of hydrogen-bond donors (Lipinski definition) is 4. The molecule has 11 heteroatoms. The van der Waals surface area contributed by atoms with Crippen molar-refractivity contribution in [3.8, 4) is 11.5 Å². The summed E-state index contributed by atoms with van der Waals surface area (Å²) in [5, 5.41) is 4.63. The van der Waals surface area contributed by atoms with E-state index in [4.69, 9.17) is 13.9 Å². The fraction of sp³-hybridized carbons (Fsp3) is 0.176. The molecule has 4 amide bonds. The van der Waals surface area contributed by atoms with Crippen LogP contribution >= 0.6 is 0 Å². The molecule has 1 aliphatic rings. The average Bonchev–Trinajstić information content (AvgIpc) is 3.39. The molecule has 2 aromatic rings. The molecule has 0 spiro atoms. The molecule has 1 aromatic carbocycles. The summed E-state index contributed by atoms with van der Waals surface area (Å²) >= 11 is 0. The number of nitrogens with one attached hydrogen (secondary N) is 4. The Labute approximate surface area is 158 Å². The van der Waals surface area contributed by atoms with Crippen LogP contribution in [0.25, 0.3) is 0 Å². The number of hydrogen-bond acceptors (Lipinski definition) is 7. The van der Waals surface area contributed by atoms with E-state index in [1.165, 1.54) is 30.5 Å². The number of furan rings is 1. The fourth-order valence-corrected chi connectivity index (χ4v) is 2.18. The third kappa shape index (κ3) is 4.78. The van der Waals surface area contributed by atoms with Crippen molar-refractivity contribution in [2.75, 3.05) is 19.9 Å². The molecule has 28 heavy (non-hydrogen) atoms. The van der Waals surface area contributed by atoms with Gasteiger partial charge in [0.1, 0.15) is 0 Å². The Morgan fingerprint density at radius 2 is 1.64 bits per heavy atom. The van der Waals surface area contributed by atoms with E-state index in [2.05, 4.69) is 21.5 Å². The minimum atomic E-state index is -0.653. The Morgan fingerprint density at radius 3 is 2.43 bits per heavy atom. The molecular weight excluding hydrogens is 372 g/mol. The van der Waals surface area contributed by atoms with E-state index < -0.39 is 30.2 Å². The second kappa shape index (κ2) is 8.58. The topological polar surface area (TPSA) is 148 Å². The standard InChI is InChI=1S/C17H16N4O7/c22-14(7-19-17(25)12-2-1-5-26-12)18-8-15(23)20-21-16(24)10-3-4-11-13(6-10)28-9-27-11/h1-6H,7-9H2,(H,18,22)(H,19,25)(H,20,23)(H,21,24). The van der Waals surface area contributed by atoms with Crippen LogP contribution in [0.3, 0.4) is 0 Å². The smallest absolute Gasteiger partial charge is 0.287 e. The summed E-state index contributed by atoms with van der Waals surface area (Å²) in [4.78, 5) is 47.0. The predicted octanol–water partition coefficient (Wildman–Crippen LogP) is -0.684. The predicted molar refractivity (Wildman–Crippen MR) is 92.2 cm³/mol. The van der Waals surface area contributed by atoms with E-state index in [1.54, 1.807) is 6.07 Å². The maximum Gasteiger partial charge on any atom is 0.287 e. The van der Waals surface area contributed by atoms with Gasteiger partial charge >= 0.3 is 0 Å². The van der Waals surface area contributed by atoms with Crippen molar-refractivity contribution >= 4 is 23.6 Å². The molecule has 3 rings (SSSR count). The molecule has 2 heterocycles. The highest BCUT2D eigenvalue weighted by Crippen LogP contribution is 2.32. The highest BCUT2D eigenvalue weighted by Gasteiger charge is 2.16. The first kappa shape index (κ1) is 18.8. The molecule has 0 aliphatic carbocycles. The number of rotatable bonds is 6. The van der Waals surface area contributed by atoms with Gasteiger partial charge in [-0.2, -0.15) is 0 Å². The van der Waals surface area contributed by atoms with Crippen LogP contribution in [-0.4, -0.2) is 43.5 Å². The first-order chi connectivity index (χ1) is 13.5. The van der Waals surface area contributed by atoms with Crippen LogP contribution in [0.2, 0.25) is 0 Å². The third-order valence-corrected chi connectivity index (χ3v) is 3.55. The Hall–Kier alpha value is -4.02. The average molecular weight is 388 g/mol. The molecule has 0 unspecified atom stereocenters. The first-order valence-corrected chi connectivity index (χ1v) is 8.10. The number of benzene rings is 1. The summed E-state index contributed by atoms with van der Waals surface area (Å²) in [6, 6.07) is 7.56. The zero-order chi connectivity index (χ0) is 19.9. The van der Waals surface area contributed by atoms with E-state index in [-0.39, 0.29) is 24.7 Å². The lowest BCUT2D eigenvalue weighted by atomic mass is 10.2. The number of carbonyl (C=O) groups excluding carboxylic acids is 4. The van der Waals surface area contributed by atoms with E-state index in [1.807, 2.05) is 0 Å². The molecule has 0 fully saturated rings. The maximum atomic E-state index is 12.0. The van der Waals surface area contributed by atoms with Crippen molar-refractivity contribution in [1.82, 2.24) is 21.5 Å². The summed E-state index contributed by atoms with van der Waals surface area (Å²) in [5.74, 6) is -1.33. The van der Waals surface area contributed by atoms with Crippen LogP contribution in [0, 0.1) is 0 Å². The van der Waals surface area contributed by atoms with Gasteiger partial charge in [0.25, 0.3) is 17.7 Å². The summed E-state index contributed by atoms with van der Waals surface area (Å²) in [5.41, 5.74) is 4.64. The van der Waals surface area contributed by atoms with Crippen LogP contribution in [0.15, 0.2) is 41.0 Å². The van der Waals surface area contributed by atoms with Crippen LogP contribution in [0.5, 0.6) is 11.5 Å². The molecule has 0 radical (unpaired) electrons. The van der Waals surface area contributed by atoms with Gasteiger partial charge in [0, 0.05) is 5.56 Å². The van der Waals surface area contributed by atoms with Crippen molar-refractivity contribution in [2.24, 2.45) is 0 Å². The lowest BCUT2D eigenvalue weighted by Gasteiger charge is -2.09. The summed E-state index contributed by atoms with van der Waals surface area (Å²) in [6.07, 6.45) is 1.33. The first-order valence-electron chi connectivity index (χ1n) is 8.10. The van der Waals surface area contributed by atoms with Crippen molar-refractivity contribution in [3.05, 3.63) is 47.9 Å². The van der Waals surface area contributed by atoms with Gasteiger partial charge in [-0.1, -0.05) is 0 Å². The monoisotopic (exact) mass is 388 g/mol. The SMILES string of the molecule is O=C(CNC(=O)c1ccco1)NCC(=O)NNC(=O)c1ccc2c(c1)OCO2. The van der Waals surface area contributed by atoms with Crippen molar-refractivity contribution in [1.29, 1.82) is 0 Å². The van der Waals surface area contributed by atoms with Crippen LogP contribution in [0.4, 0.5) is 0 Å².